The molecular weight excluding hydrogens is 530 g/mol. The first-order valence-corrected chi connectivity index (χ1v) is 14.1. The van der Waals surface area contributed by atoms with Gasteiger partial charge in [0.05, 0.1) is 33.1 Å². The van der Waals surface area contributed by atoms with Crippen LogP contribution < -0.4 is 19.5 Å². The highest BCUT2D eigenvalue weighted by Crippen LogP contribution is 2.28. The van der Waals surface area contributed by atoms with Crippen molar-refractivity contribution in [3.05, 3.63) is 119 Å². The van der Waals surface area contributed by atoms with Crippen LogP contribution in [0.25, 0.3) is 0 Å². The second kappa shape index (κ2) is 14.5. The summed E-state index contributed by atoms with van der Waals surface area (Å²) in [6.45, 7) is 4.20. The number of benzene rings is 3. The Kier molecular flexibility index (Phi) is 10.0. The molecule has 0 aliphatic carbocycles. The minimum Gasteiger partial charge on any atom is -0.493 e. The first-order chi connectivity index (χ1) is 20.6. The van der Waals surface area contributed by atoms with E-state index in [9.17, 15) is 4.79 Å². The fourth-order valence-electron chi connectivity index (χ4n) is 5.03. The van der Waals surface area contributed by atoms with Crippen LogP contribution in [0.3, 0.4) is 0 Å². The van der Waals surface area contributed by atoms with Gasteiger partial charge in [-0.25, -0.2) is 0 Å². The highest BCUT2D eigenvalue weighted by Gasteiger charge is 2.15. The van der Waals surface area contributed by atoms with Gasteiger partial charge in [-0.05, 0) is 64.7 Å². The molecule has 5 rings (SSSR count). The van der Waals surface area contributed by atoms with E-state index in [1.165, 1.54) is 5.56 Å². The number of aromatic nitrogens is 1. The third-order valence-corrected chi connectivity index (χ3v) is 7.16. The Morgan fingerprint density at radius 1 is 0.905 bits per heavy atom. The van der Waals surface area contributed by atoms with Crippen molar-refractivity contribution in [3.63, 3.8) is 0 Å². The maximum atomic E-state index is 13.2. The topological polar surface area (TPSA) is 82.2 Å². The zero-order valence-electron chi connectivity index (χ0n) is 24.2. The number of ether oxygens (including phenoxy) is 4. The van der Waals surface area contributed by atoms with Crippen molar-refractivity contribution in [3.8, 4) is 17.2 Å². The lowest BCUT2D eigenvalue weighted by atomic mass is 9.99. The largest absolute Gasteiger partial charge is 0.493 e. The summed E-state index contributed by atoms with van der Waals surface area (Å²) in [7, 11) is 3.19. The number of carbonyl (C=O) groups is 1. The molecule has 0 unspecified atom stereocenters. The third-order valence-electron chi connectivity index (χ3n) is 7.16. The van der Waals surface area contributed by atoms with Crippen LogP contribution >= 0.6 is 0 Å². The van der Waals surface area contributed by atoms with Crippen molar-refractivity contribution in [2.75, 3.05) is 40.6 Å². The number of hydrogen-bond acceptors (Lipinski definition) is 7. The summed E-state index contributed by atoms with van der Waals surface area (Å²) in [6, 6.07) is 25.8. The summed E-state index contributed by atoms with van der Waals surface area (Å²) in [5.41, 5.74) is 5.85. The second-order valence-electron chi connectivity index (χ2n) is 10.2. The first-order valence-electron chi connectivity index (χ1n) is 14.1. The molecule has 42 heavy (non-hydrogen) atoms. The Labute approximate surface area is 247 Å². The normalized spacial score (nSPS) is 14.1. The van der Waals surface area contributed by atoms with Crippen LogP contribution in [-0.4, -0.2) is 56.4 Å². The van der Waals surface area contributed by atoms with Crippen LogP contribution in [0.4, 0.5) is 0 Å². The molecule has 0 spiro atoms. The van der Waals surface area contributed by atoms with Crippen LogP contribution in [0, 0.1) is 0 Å². The van der Waals surface area contributed by atoms with Crippen molar-refractivity contribution < 1.29 is 23.7 Å². The maximum absolute atomic E-state index is 13.2. The van der Waals surface area contributed by atoms with Gasteiger partial charge in [0.15, 0.2) is 11.5 Å². The molecule has 1 aliphatic rings. The van der Waals surface area contributed by atoms with E-state index in [1.54, 1.807) is 20.3 Å². The van der Waals surface area contributed by atoms with E-state index in [0.717, 1.165) is 47.8 Å². The van der Waals surface area contributed by atoms with Crippen LogP contribution in [0.2, 0.25) is 0 Å². The molecule has 0 saturated heterocycles. The van der Waals surface area contributed by atoms with Crippen molar-refractivity contribution >= 4 is 5.91 Å². The van der Waals surface area contributed by atoms with Gasteiger partial charge >= 0.3 is 0 Å². The molecule has 0 atom stereocenters. The molecule has 1 N–H and O–H groups in total. The number of nitrogens with one attached hydrogen (secondary N) is 1. The Bertz CT molecular complexity index is 1480. The van der Waals surface area contributed by atoms with E-state index < -0.39 is 0 Å². The molecule has 8 nitrogen and oxygen atoms in total. The fraction of sp³-hybridized carbons (Fsp3) is 0.294. The third kappa shape index (κ3) is 7.87. The van der Waals surface area contributed by atoms with E-state index in [0.29, 0.717) is 49.8 Å². The van der Waals surface area contributed by atoms with Gasteiger partial charge in [0.25, 0.3) is 5.91 Å². The Morgan fingerprint density at radius 2 is 1.79 bits per heavy atom. The predicted octanol–water partition coefficient (Wildman–Crippen LogP) is 5.03. The lowest BCUT2D eigenvalue weighted by Crippen LogP contribution is -2.28. The molecule has 8 heteroatoms. The van der Waals surface area contributed by atoms with Crippen molar-refractivity contribution in [1.29, 1.82) is 0 Å². The van der Waals surface area contributed by atoms with Crippen LogP contribution in [0.15, 0.2) is 85.1 Å². The molecule has 2 bridgehead atoms. The first kappa shape index (κ1) is 29.1. The zero-order valence-corrected chi connectivity index (χ0v) is 24.2. The predicted molar refractivity (Wildman–Crippen MR) is 161 cm³/mol. The highest BCUT2D eigenvalue weighted by molar-refractivity contribution is 5.94. The summed E-state index contributed by atoms with van der Waals surface area (Å²) in [5, 5.41) is 3.02. The van der Waals surface area contributed by atoms with E-state index >= 15 is 0 Å². The number of pyridine rings is 1. The van der Waals surface area contributed by atoms with Crippen molar-refractivity contribution in [2.24, 2.45) is 0 Å². The monoisotopic (exact) mass is 567 g/mol. The Morgan fingerprint density at radius 3 is 2.62 bits per heavy atom. The van der Waals surface area contributed by atoms with Crippen molar-refractivity contribution in [1.82, 2.24) is 15.2 Å². The average molecular weight is 568 g/mol. The van der Waals surface area contributed by atoms with Crippen molar-refractivity contribution in [2.45, 2.75) is 26.1 Å². The minimum absolute atomic E-state index is 0.158. The number of rotatable bonds is 7. The highest BCUT2D eigenvalue weighted by atomic mass is 16.5. The van der Waals surface area contributed by atoms with Crippen LogP contribution in [0.1, 0.15) is 38.3 Å². The number of methoxy groups -OCH3 is 2. The standard InChI is InChI=1S/C34H37N3O5/c1-39-32-11-9-26(20-33(32)40-2)22-36-34(38)28-10-12-31-29(21-28)19-25-6-5-7-27(18-25)23-37(14-15-41-16-17-42-31)24-30-8-3-4-13-35-30/h3-13,18,20-21H,14-17,19,22-24H2,1-2H3,(H,36,38). The molecule has 1 aliphatic heterocycles. The minimum atomic E-state index is -0.158. The molecule has 0 fully saturated rings. The van der Waals surface area contributed by atoms with Crippen LogP contribution in [-0.2, 0) is 30.8 Å². The molecule has 3 aromatic carbocycles. The fourth-order valence-corrected chi connectivity index (χ4v) is 5.03. The van der Waals surface area contributed by atoms with Gasteiger partial charge in [0, 0.05) is 44.4 Å². The van der Waals surface area contributed by atoms with E-state index in [-0.39, 0.29) is 5.91 Å². The van der Waals surface area contributed by atoms with Gasteiger partial charge in [-0.2, -0.15) is 0 Å². The smallest absolute Gasteiger partial charge is 0.251 e. The van der Waals surface area contributed by atoms with Gasteiger partial charge in [0.2, 0.25) is 0 Å². The molecule has 0 radical (unpaired) electrons. The summed E-state index contributed by atoms with van der Waals surface area (Å²) in [5.74, 6) is 1.87. The number of fused-ring (bicyclic) bond motifs is 3. The zero-order chi connectivity index (χ0) is 29.1. The van der Waals surface area contributed by atoms with Gasteiger partial charge < -0.3 is 24.3 Å². The summed E-state index contributed by atoms with van der Waals surface area (Å²) in [4.78, 5) is 20.0. The Hall–Kier alpha value is -4.40. The molecule has 218 valence electrons. The SMILES string of the molecule is COc1ccc(CNC(=O)c2ccc3c(c2)Cc2cccc(c2)CN(Cc2ccccn2)CCOCCO3)cc1OC. The summed E-state index contributed by atoms with van der Waals surface area (Å²) < 4.78 is 22.7. The molecule has 4 aromatic rings. The molecule has 1 aromatic heterocycles. The molecule has 2 heterocycles. The second-order valence-corrected chi connectivity index (χ2v) is 10.2. The summed E-state index contributed by atoms with van der Waals surface area (Å²) >= 11 is 0. The molecule has 1 amide bonds. The molecular formula is C34H37N3O5. The van der Waals surface area contributed by atoms with Gasteiger partial charge in [-0.15, -0.1) is 0 Å². The lowest BCUT2D eigenvalue weighted by molar-refractivity contribution is 0.0754. The number of amides is 1. The lowest BCUT2D eigenvalue weighted by Gasteiger charge is -2.23. The van der Waals surface area contributed by atoms with E-state index in [4.69, 9.17) is 18.9 Å². The van der Waals surface area contributed by atoms with E-state index in [2.05, 4.69) is 45.5 Å². The van der Waals surface area contributed by atoms with Gasteiger partial charge in [0.1, 0.15) is 12.4 Å². The van der Waals surface area contributed by atoms with E-state index in [1.807, 2.05) is 48.7 Å². The average Bonchev–Trinajstić information content (AvgIpc) is 3.02. The quantitative estimate of drug-likeness (QED) is 0.335. The van der Waals surface area contributed by atoms with Gasteiger partial charge in [-0.3, -0.25) is 14.7 Å². The maximum Gasteiger partial charge on any atom is 0.251 e. The number of carbonyl (C=O) groups excluding carboxylic acids is 1. The summed E-state index contributed by atoms with van der Waals surface area (Å²) in [6.07, 6.45) is 2.47. The van der Waals surface area contributed by atoms with Crippen LogP contribution in [0.5, 0.6) is 17.2 Å². The number of hydrogen-bond donors (Lipinski definition) is 1. The Balaban J connectivity index is 1.32. The van der Waals surface area contributed by atoms with Gasteiger partial charge in [-0.1, -0.05) is 36.4 Å². The number of nitrogens with zero attached hydrogens (tertiary/aromatic N) is 2. The molecule has 0 saturated carbocycles.